The maximum atomic E-state index is 12.5. The lowest BCUT2D eigenvalue weighted by atomic mass is 10.1. The summed E-state index contributed by atoms with van der Waals surface area (Å²) < 4.78 is 11.1. The molecule has 1 fully saturated rings. The van der Waals surface area contributed by atoms with E-state index in [4.69, 9.17) is 9.47 Å². The van der Waals surface area contributed by atoms with Gasteiger partial charge < -0.3 is 19.7 Å². The van der Waals surface area contributed by atoms with E-state index in [9.17, 15) is 4.79 Å². The van der Waals surface area contributed by atoms with Crippen molar-refractivity contribution in [2.75, 3.05) is 36.5 Å². The van der Waals surface area contributed by atoms with Gasteiger partial charge in [-0.15, -0.1) is 0 Å². The molecule has 1 aliphatic heterocycles. The zero-order valence-electron chi connectivity index (χ0n) is 16.1. The Morgan fingerprint density at radius 1 is 1.00 bits per heavy atom. The molecule has 0 unspecified atom stereocenters. The van der Waals surface area contributed by atoms with Gasteiger partial charge in [0.25, 0.3) is 5.91 Å². The molecule has 2 aromatic carbocycles. The van der Waals surface area contributed by atoms with E-state index in [2.05, 4.69) is 15.2 Å². The highest BCUT2D eigenvalue weighted by Gasteiger charge is 2.12. The van der Waals surface area contributed by atoms with Gasteiger partial charge in [-0.3, -0.25) is 4.79 Å². The molecule has 1 saturated heterocycles. The molecule has 1 amide bonds. The van der Waals surface area contributed by atoms with E-state index in [1.54, 1.807) is 18.3 Å². The number of nitrogens with zero attached hydrogens (tertiary/aromatic N) is 2. The van der Waals surface area contributed by atoms with Crippen molar-refractivity contribution >= 4 is 17.4 Å². The van der Waals surface area contributed by atoms with Crippen LogP contribution in [0.3, 0.4) is 0 Å². The number of hydrogen-bond acceptors (Lipinski definition) is 5. The Labute approximate surface area is 170 Å². The summed E-state index contributed by atoms with van der Waals surface area (Å²) >= 11 is 0. The van der Waals surface area contributed by atoms with Crippen molar-refractivity contribution < 1.29 is 14.3 Å². The van der Waals surface area contributed by atoms with Crippen LogP contribution in [-0.4, -0.2) is 37.2 Å². The quantitative estimate of drug-likeness (QED) is 0.696. The third-order valence-corrected chi connectivity index (χ3v) is 4.73. The van der Waals surface area contributed by atoms with Gasteiger partial charge in [-0.2, -0.15) is 0 Å². The molecule has 2 heterocycles. The molecule has 0 atom stereocenters. The van der Waals surface area contributed by atoms with Crippen LogP contribution in [0, 0.1) is 0 Å². The number of aromatic nitrogens is 1. The Morgan fingerprint density at radius 3 is 2.45 bits per heavy atom. The monoisotopic (exact) mass is 389 g/mol. The van der Waals surface area contributed by atoms with Gasteiger partial charge in [0.1, 0.15) is 18.2 Å². The van der Waals surface area contributed by atoms with Crippen LogP contribution in [0.1, 0.15) is 15.9 Å². The van der Waals surface area contributed by atoms with Crippen LogP contribution in [0.15, 0.2) is 72.9 Å². The molecule has 4 rings (SSSR count). The highest BCUT2D eigenvalue weighted by atomic mass is 16.5. The van der Waals surface area contributed by atoms with Crippen LogP contribution in [0.2, 0.25) is 0 Å². The first-order valence-corrected chi connectivity index (χ1v) is 9.65. The second-order valence-electron chi connectivity index (χ2n) is 6.75. The van der Waals surface area contributed by atoms with E-state index >= 15 is 0 Å². The number of hydrogen-bond donors (Lipinski definition) is 1. The molecule has 1 aromatic heterocycles. The lowest BCUT2D eigenvalue weighted by Crippen LogP contribution is -2.36. The van der Waals surface area contributed by atoms with Crippen LogP contribution in [0.5, 0.6) is 5.75 Å². The minimum absolute atomic E-state index is 0.188. The van der Waals surface area contributed by atoms with Gasteiger partial charge in [0.2, 0.25) is 0 Å². The Bertz CT molecular complexity index is 922. The molecule has 29 heavy (non-hydrogen) atoms. The molecule has 1 N–H and O–H groups in total. The Kier molecular flexibility index (Phi) is 6.02. The molecule has 148 valence electrons. The topological polar surface area (TPSA) is 63.7 Å². The van der Waals surface area contributed by atoms with Crippen molar-refractivity contribution in [3.05, 3.63) is 84.1 Å². The van der Waals surface area contributed by atoms with Crippen molar-refractivity contribution in [3.63, 3.8) is 0 Å². The predicted molar refractivity (Wildman–Crippen MR) is 112 cm³/mol. The van der Waals surface area contributed by atoms with Crippen LogP contribution in [0.25, 0.3) is 0 Å². The van der Waals surface area contributed by atoms with E-state index in [-0.39, 0.29) is 5.91 Å². The molecule has 6 heteroatoms. The fourth-order valence-electron chi connectivity index (χ4n) is 3.09. The molecule has 0 saturated carbocycles. The smallest absolute Gasteiger partial charge is 0.256 e. The lowest BCUT2D eigenvalue weighted by molar-refractivity contribution is 0.102. The first-order chi connectivity index (χ1) is 14.3. The fourth-order valence-corrected chi connectivity index (χ4v) is 3.09. The first-order valence-electron chi connectivity index (χ1n) is 9.65. The number of carbonyl (C=O) groups excluding carboxylic acids is 1. The summed E-state index contributed by atoms with van der Waals surface area (Å²) in [7, 11) is 0. The van der Waals surface area contributed by atoms with Gasteiger partial charge in [0.15, 0.2) is 0 Å². The third-order valence-electron chi connectivity index (χ3n) is 4.73. The zero-order chi connectivity index (χ0) is 19.9. The number of ether oxygens (including phenoxy) is 2. The molecule has 0 radical (unpaired) electrons. The van der Waals surface area contributed by atoms with Crippen molar-refractivity contribution in [1.29, 1.82) is 0 Å². The second-order valence-corrected chi connectivity index (χ2v) is 6.75. The van der Waals surface area contributed by atoms with Gasteiger partial charge in [0.05, 0.1) is 25.1 Å². The summed E-state index contributed by atoms with van der Waals surface area (Å²) in [4.78, 5) is 19.1. The number of carbonyl (C=O) groups is 1. The fraction of sp³-hybridized carbons (Fsp3) is 0.217. The Hall–Kier alpha value is -3.38. The summed E-state index contributed by atoms with van der Waals surface area (Å²) in [5, 5.41) is 2.84. The second kappa shape index (κ2) is 9.21. The number of pyridine rings is 1. The van der Waals surface area contributed by atoms with Crippen LogP contribution in [-0.2, 0) is 11.3 Å². The van der Waals surface area contributed by atoms with Crippen LogP contribution in [0.4, 0.5) is 11.5 Å². The number of para-hydroxylation sites is 1. The highest BCUT2D eigenvalue weighted by Crippen LogP contribution is 2.17. The molecule has 3 aromatic rings. The number of benzene rings is 2. The average Bonchev–Trinajstić information content (AvgIpc) is 2.80. The number of amides is 1. The number of nitrogens with one attached hydrogen (secondary N) is 1. The first kappa shape index (κ1) is 19.0. The Balaban J connectivity index is 1.32. The molecular weight excluding hydrogens is 366 g/mol. The maximum Gasteiger partial charge on any atom is 0.256 e. The third kappa shape index (κ3) is 5.12. The van der Waals surface area contributed by atoms with Gasteiger partial charge in [-0.25, -0.2) is 4.98 Å². The minimum Gasteiger partial charge on any atom is -0.489 e. The largest absolute Gasteiger partial charge is 0.489 e. The van der Waals surface area contributed by atoms with E-state index in [0.29, 0.717) is 18.0 Å². The van der Waals surface area contributed by atoms with Gasteiger partial charge >= 0.3 is 0 Å². The van der Waals surface area contributed by atoms with E-state index in [1.165, 1.54) is 0 Å². The van der Waals surface area contributed by atoms with Crippen LogP contribution >= 0.6 is 0 Å². The van der Waals surface area contributed by atoms with Crippen LogP contribution < -0.4 is 15.0 Å². The summed E-state index contributed by atoms with van der Waals surface area (Å²) in [6.07, 6.45) is 1.78. The Morgan fingerprint density at radius 2 is 1.76 bits per heavy atom. The zero-order valence-corrected chi connectivity index (χ0v) is 16.1. The normalized spacial score (nSPS) is 13.7. The average molecular weight is 389 g/mol. The molecule has 0 aliphatic carbocycles. The van der Waals surface area contributed by atoms with Crippen molar-refractivity contribution in [2.45, 2.75) is 6.61 Å². The van der Waals surface area contributed by atoms with E-state index < -0.39 is 0 Å². The summed E-state index contributed by atoms with van der Waals surface area (Å²) in [6, 6.07) is 20.8. The standard InChI is InChI=1S/C23H23N3O3/c27-23(25-22-11-10-20(16-24-22)26-12-14-28-15-13-26)19-8-6-18(7-9-19)17-29-21-4-2-1-3-5-21/h1-11,16H,12-15,17H2,(H,24,25,27). The molecular formula is C23H23N3O3. The number of anilines is 2. The van der Waals surface area contributed by atoms with E-state index in [0.717, 1.165) is 43.3 Å². The predicted octanol–water partition coefficient (Wildman–Crippen LogP) is 3.75. The summed E-state index contributed by atoms with van der Waals surface area (Å²) in [5.41, 5.74) is 2.61. The number of rotatable bonds is 6. The maximum absolute atomic E-state index is 12.5. The summed E-state index contributed by atoms with van der Waals surface area (Å²) in [6.45, 7) is 3.62. The van der Waals surface area contributed by atoms with Gasteiger partial charge in [-0.1, -0.05) is 30.3 Å². The van der Waals surface area contributed by atoms with Crippen molar-refractivity contribution in [2.24, 2.45) is 0 Å². The van der Waals surface area contributed by atoms with Crippen molar-refractivity contribution in [3.8, 4) is 5.75 Å². The SMILES string of the molecule is O=C(Nc1ccc(N2CCOCC2)cn1)c1ccc(COc2ccccc2)cc1. The molecule has 0 bridgehead atoms. The van der Waals surface area contributed by atoms with Gasteiger partial charge in [-0.05, 0) is 42.0 Å². The highest BCUT2D eigenvalue weighted by molar-refractivity contribution is 6.03. The summed E-state index contributed by atoms with van der Waals surface area (Å²) in [5.74, 6) is 1.16. The van der Waals surface area contributed by atoms with Gasteiger partial charge in [0, 0.05) is 18.7 Å². The minimum atomic E-state index is -0.188. The molecule has 6 nitrogen and oxygen atoms in total. The lowest BCUT2D eigenvalue weighted by Gasteiger charge is -2.28. The van der Waals surface area contributed by atoms with Crippen molar-refractivity contribution in [1.82, 2.24) is 4.98 Å². The number of morpholine rings is 1. The molecule has 0 spiro atoms. The molecule has 1 aliphatic rings. The van der Waals surface area contributed by atoms with E-state index in [1.807, 2.05) is 54.6 Å².